The molecule has 0 heterocycles. The molecule has 0 unspecified atom stereocenters. The van der Waals surface area contributed by atoms with Crippen molar-refractivity contribution in [2.24, 2.45) is 0 Å². The predicted molar refractivity (Wildman–Crippen MR) is 51.0 cm³/mol. The van der Waals surface area contributed by atoms with Gasteiger partial charge in [-0.1, -0.05) is 0 Å². The molecule has 0 spiro atoms. The fraction of sp³-hybridized carbons (Fsp3) is 0.300. The van der Waals surface area contributed by atoms with Crippen molar-refractivity contribution in [3.05, 3.63) is 29.6 Å². The van der Waals surface area contributed by atoms with Crippen molar-refractivity contribution in [1.29, 1.82) is 0 Å². The first-order valence-electron chi connectivity index (χ1n) is 4.30. The molecular weight excluding hydrogens is 185 g/mol. The molecule has 0 aliphatic heterocycles. The van der Waals surface area contributed by atoms with Gasteiger partial charge >= 0.3 is 0 Å². The quantitative estimate of drug-likeness (QED) is 0.799. The molecule has 76 valence electrons. The number of carbonyl (C=O) groups is 1. The lowest BCUT2D eigenvalue weighted by molar-refractivity contribution is 0.0952. The van der Waals surface area contributed by atoms with E-state index in [1.165, 1.54) is 19.2 Å². The maximum absolute atomic E-state index is 13.3. The number of hydrogen-bond donors (Lipinski definition) is 1. The lowest BCUT2D eigenvalue weighted by Crippen LogP contribution is -2.23. The van der Waals surface area contributed by atoms with Crippen molar-refractivity contribution in [2.75, 3.05) is 13.7 Å². The summed E-state index contributed by atoms with van der Waals surface area (Å²) in [6.07, 6.45) is 0. The minimum absolute atomic E-state index is 0.0349. The van der Waals surface area contributed by atoms with Crippen molar-refractivity contribution in [3.8, 4) is 5.75 Å². The maximum Gasteiger partial charge on any atom is 0.254 e. The summed E-state index contributed by atoms with van der Waals surface area (Å²) in [6.45, 7) is 2.25. The van der Waals surface area contributed by atoms with Gasteiger partial charge in [0.15, 0.2) is 0 Å². The first-order chi connectivity index (χ1) is 6.69. The van der Waals surface area contributed by atoms with Gasteiger partial charge in [0, 0.05) is 12.6 Å². The third kappa shape index (κ3) is 2.22. The van der Waals surface area contributed by atoms with E-state index in [0.717, 1.165) is 0 Å². The fourth-order valence-electron chi connectivity index (χ4n) is 1.06. The number of amides is 1. The number of ether oxygens (including phenoxy) is 1. The van der Waals surface area contributed by atoms with Gasteiger partial charge in [-0.25, -0.2) is 4.39 Å². The van der Waals surface area contributed by atoms with Crippen LogP contribution in [0.15, 0.2) is 18.2 Å². The number of halogens is 1. The van der Waals surface area contributed by atoms with E-state index < -0.39 is 11.7 Å². The highest BCUT2D eigenvalue weighted by Gasteiger charge is 2.10. The normalized spacial score (nSPS) is 9.64. The number of nitrogens with one attached hydrogen (secondary N) is 1. The standard InChI is InChI=1S/C10H12FNO2/c1-3-12-10(13)8-5-4-7(14-2)6-9(8)11/h4-6H,3H2,1-2H3,(H,12,13). The second kappa shape index (κ2) is 4.60. The van der Waals surface area contributed by atoms with E-state index in [9.17, 15) is 9.18 Å². The Morgan fingerprint density at radius 2 is 2.29 bits per heavy atom. The number of benzene rings is 1. The minimum atomic E-state index is -0.574. The molecule has 0 aliphatic carbocycles. The van der Waals surface area contributed by atoms with E-state index in [1.807, 2.05) is 0 Å². The van der Waals surface area contributed by atoms with Gasteiger partial charge in [-0.3, -0.25) is 4.79 Å². The smallest absolute Gasteiger partial charge is 0.254 e. The fourth-order valence-corrected chi connectivity index (χ4v) is 1.06. The van der Waals surface area contributed by atoms with Crippen LogP contribution in [0, 0.1) is 5.82 Å². The van der Waals surface area contributed by atoms with Gasteiger partial charge in [0.2, 0.25) is 0 Å². The predicted octanol–water partition coefficient (Wildman–Crippen LogP) is 1.58. The zero-order valence-electron chi connectivity index (χ0n) is 8.13. The van der Waals surface area contributed by atoms with Gasteiger partial charge in [-0.2, -0.15) is 0 Å². The van der Waals surface area contributed by atoms with Crippen LogP contribution in [-0.2, 0) is 0 Å². The van der Waals surface area contributed by atoms with E-state index in [1.54, 1.807) is 13.0 Å². The zero-order valence-corrected chi connectivity index (χ0v) is 8.13. The van der Waals surface area contributed by atoms with Gasteiger partial charge in [-0.15, -0.1) is 0 Å². The van der Waals surface area contributed by atoms with Crippen molar-refractivity contribution in [2.45, 2.75) is 6.92 Å². The second-order valence-electron chi connectivity index (χ2n) is 2.71. The molecule has 0 bridgehead atoms. The first kappa shape index (κ1) is 10.5. The molecule has 1 rings (SSSR count). The summed E-state index contributed by atoms with van der Waals surface area (Å²) in [4.78, 5) is 11.3. The summed E-state index contributed by atoms with van der Waals surface area (Å²) in [5, 5.41) is 2.52. The molecule has 1 aromatic carbocycles. The lowest BCUT2D eigenvalue weighted by Gasteiger charge is -2.05. The third-order valence-corrected chi connectivity index (χ3v) is 1.76. The maximum atomic E-state index is 13.3. The van der Waals surface area contributed by atoms with Crippen molar-refractivity contribution < 1.29 is 13.9 Å². The summed E-state index contributed by atoms with van der Waals surface area (Å²) in [7, 11) is 1.45. The Hall–Kier alpha value is -1.58. The Kier molecular flexibility index (Phi) is 3.45. The second-order valence-corrected chi connectivity index (χ2v) is 2.71. The minimum Gasteiger partial charge on any atom is -0.497 e. The van der Waals surface area contributed by atoms with Crippen LogP contribution in [0.2, 0.25) is 0 Å². The topological polar surface area (TPSA) is 38.3 Å². The van der Waals surface area contributed by atoms with E-state index in [0.29, 0.717) is 12.3 Å². The molecule has 0 atom stereocenters. The highest BCUT2D eigenvalue weighted by molar-refractivity contribution is 5.94. The zero-order chi connectivity index (χ0) is 10.6. The highest BCUT2D eigenvalue weighted by Crippen LogP contribution is 2.15. The van der Waals surface area contributed by atoms with Crippen LogP contribution >= 0.6 is 0 Å². The Morgan fingerprint density at radius 3 is 2.79 bits per heavy atom. The van der Waals surface area contributed by atoms with Crippen molar-refractivity contribution in [1.82, 2.24) is 5.32 Å². The Morgan fingerprint density at radius 1 is 1.57 bits per heavy atom. The summed E-state index contributed by atoms with van der Waals surface area (Å²) >= 11 is 0. The molecule has 0 fully saturated rings. The van der Waals surface area contributed by atoms with Crippen LogP contribution in [0.25, 0.3) is 0 Å². The molecule has 1 N–H and O–H groups in total. The number of carbonyl (C=O) groups excluding carboxylic acids is 1. The molecule has 0 aromatic heterocycles. The van der Waals surface area contributed by atoms with Gasteiger partial charge in [-0.05, 0) is 19.1 Å². The van der Waals surface area contributed by atoms with Gasteiger partial charge in [0.25, 0.3) is 5.91 Å². The molecule has 0 aliphatic rings. The van der Waals surface area contributed by atoms with Crippen LogP contribution in [0.4, 0.5) is 4.39 Å². The van der Waals surface area contributed by atoms with Gasteiger partial charge in [0.1, 0.15) is 11.6 Å². The Labute approximate surface area is 81.9 Å². The van der Waals surface area contributed by atoms with E-state index >= 15 is 0 Å². The van der Waals surface area contributed by atoms with Crippen LogP contribution in [-0.4, -0.2) is 19.6 Å². The Balaban J connectivity index is 2.94. The lowest BCUT2D eigenvalue weighted by atomic mass is 10.2. The van der Waals surface area contributed by atoms with Gasteiger partial charge < -0.3 is 10.1 Å². The number of hydrogen-bond acceptors (Lipinski definition) is 2. The molecule has 1 amide bonds. The van der Waals surface area contributed by atoms with Crippen LogP contribution < -0.4 is 10.1 Å². The van der Waals surface area contributed by atoms with Crippen LogP contribution in [0.5, 0.6) is 5.75 Å². The molecule has 1 aromatic rings. The average Bonchev–Trinajstić information content (AvgIpc) is 2.17. The van der Waals surface area contributed by atoms with Crippen molar-refractivity contribution in [3.63, 3.8) is 0 Å². The van der Waals surface area contributed by atoms with Crippen molar-refractivity contribution >= 4 is 5.91 Å². The number of methoxy groups -OCH3 is 1. The molecule has 0 saturated heterocycles. The molecular formula is C10H12FNO2. The summed E-state index contributed by atoms with van der Waals surface area (Å²) in [5.41, 5.74) is 0.0349. The van der Waals surface area contributed by atoms with E-state index in [2.05, 4.69) is 5.32 Å². The number of rotatable bonds is 3. The van der Waals surface area contributed by atoms with Crippen LogP contribution in [0.1, 0.15) is 17.3 Å². The molecule has 4 heteroatoms. The monoisotopic (exact) mass is 197 g/mol. The molecule has 0 radical (unpaired) electrons. The van der Waals surface area contributed by atoms with E-state index in [4.69, 9.17) is 4.74 Å². The first-order valence-corrected chi connectivity index (χ1v) is 4.30. The third-order valence-electron chi connectivity index (χ3n) is 1.76. The SMILES string of the molecule is CCNC(=O)c1ccc(OC)cc1F. The summed E-state index contributed by atoms with van der Waals surface area (Å²) in [5.74, 6) is -0.585. The van der Waals surface area contributed by atoms with Crippen LogP contribution in [0.3, 0.4) is 0 Å². The molecule has 14 heavy (non-hydrogen) atoms. The van der Waals surface area contributed by atoms with E-state index in [-0.39, 0.29) is 5.56 Å². The summed E-state index contributed by atoms with van der Waals surface area (Å²) < 4.78 is 18.1. The average molecular weight is 197 g/mol. The van der Waals surface area contributed by atoms with Gasteiger partial charge in [0.05, 0.1) is 12.7 Å². The highest BCUT2D eigenvalue weighted by atomic mass is 19.1. The molecule has 3 nitrogen and oxygen atoms in total. The largest absolute Gasteiger partial charge is 0.497 e. The Bertz CT molecular complexity index is 339. The molecule has 0 saturated carbocycles. The summed E-state index contributed by atoms with van der Waals surface area (Å²) in [6, 6.07) is 4.14.